The van der Waals surface area contributed by atoms with E-state index in [0.717, 1.165) is 0 Å². The van der Waals surface area contributed by atoms with Crippen molar-refractivity contribution in [2.75, 3.05) is 0 Å². The Bertz CT molecular complexity index is 727. The second kappa shape index (κ2) is 6.05. The summed E-state index contributed by atoms with van der Waals surface area (Å²) in [6.07, 6.45) is -1.01. The van der Waals surface area contributed by atoms with Gasteiger partial charge in [0.1, 0.15) is 0 Å². The van der Waals surface area contributed by atoms with E-state index in [0.29, 0.717) is 0 Å². The second-order valence-corrected chi connectivity index (χ2v) is 4.33. The fourth-order valence-corrected chi connectivity index (χ4v) is 1.81. The highest BCUT2D eigenvalue weighted by molar-refractivity contribution is 6.13. The Morgan fingerprint density at radius 2 is 1.14 bits per heavy atom. The van der Waals surface area contributed by atoms with Crippen LogP contribution in [-0.2, 0) is 0 Å². The van der Waals surface area contributed by atoms with E-state index in [1.54, 1.807) is 6.07 Å². The van der Waals surface area contributed by atoms with E-state index in [4.69, 9.17) is 0 Å². The SMILES string of the molecule is O=C(CC(=O)c1c(F)c(F)c(F)c(F)c1F)c1ccccc1. The fraction of sp³-hybridized carbons (Fsp3) is 0.0667. The van der Waals surface area contributed by atoms with E-state index >= 15 is 0 Å². The quantitative estimate of drug-likeness (QED) is 0.282. The molecule has 0 atom stereocenters. The molecule has 0 aliphatic carbocycles. The average molecular weight is 314 g/mol. The lowest BCUT2D eigenvalue weighted by Crippen LogP contribution is -2.16. The van der Waals surface area contributed by atoms with Crippen LogP contribution in [0, 0.1) is 29.1 Å². The van der Waals surface area contributed by atoms with E-state index in [-0.39, 0.29) is 5.56 Å². The number of Topliss-reactive ketones (excluding diaryl/α,β-unsaturated/α-hetero) is 2. The zero-order valence-corrected chi connectivity index (χ0v) is 10.8. The molecule has 0 spiro atoms. The van der Waals surface area contributed by atoms with Crippen molar-refractivity contribution >= 4 is 11.6 Å². The van der Waals surface area contributed by atoms with E-state index in [2.05, 4.69) is 0 Å². The molecule has 0 unspecified atom stereocenters. The van der Waals surface area contributed by atoms with Crippen molar-refractivity contribution in [3.63, 3.8) is 0 Å². The zero-order chi connectivity index (χ0) is 16.4. The summed E-state index contributed by atoms with van der Waals surface area (Å²) in [6, 6.07) is 7.30. The van der Waals surface area contributed by atoms with Gasteiger partial charge in [0.2, 0.25) is 5.82 Å². The van der Waals surface area contributed by atoms with E-state index in [9.17, 15) is 31.5 Å². The van der Waals surface area contributed by atoms with Crippen molar-refractivity contribution in [2.45, 2.75) is 6.42 Å². The summed E-state index contributed by atoms with van der Waals surface area (Å²) in [4.78, 5) is 23.5. The maximum Gasteiger partial charge on any atom is 0.200 e. The van der Waals surface area contributed by atoms with Crippen LogP contribution in [-0.4, -0.2) is 11.6 Å². The highest BCUT2D eigenvalue weighted by atomic mass is 19.2. The molecule has 0 amide bonds. The number of carbonyl (C=O) groups excluding carboxylic acids is 2. The first kappa shape index (κ1) is 15.8. The predicted molar refractivity (Wildman–Crippen MR) is 66.0 cm³/mol. The summed E-state index contributed by atoms with van der Waals surface area (Å²) < 4.78 is 65.8. The van der Waals surface area contributed by atoms with Crippen molar-refractivity contribution in [2.24, 2.45) is 0 Å². The third kappa shape index (κ3) is 2.74. The van der Waals surface area contributed by atoms with Crippen molar-refractivity contribution in [3.05, 3.63) is 70.5 Å². The maximum atomic E-state index is 13.5. The minimum atomic E-state index is -2.36. The van der Waals surface area contributed by atoms with Gasteiger partial charge in [-0.1, -0.05) is 30.3 Å². The Balaban J connectivity index is 2.37. The topological polar surface area (TPSA) is 34.1 Å². The molecule has 0 N–H and O–H groups in total. The Labute approximate surface area is 121 Å². The lowest BCUT2D eigenvalue weighted by molar-refractivity contribution is 0.0888. The Hall–Kier alpha value is -2.57. The first-order valence-electron chi connectivity index (χ1n) is 5.97. The van der Waals surface area contributed by atoms with Gasteiger partial charge in [-0.25, -0.2) is 22.0 Å². The Morgan fingerprint density at radius 3 is 1.64 bits per heavy atom. The molecule has 0 saturated carbocycles. The summed E-state index contributed by atoms with van der Waals surface area (Å²) >= 11 is 0. The van der Waals surface area contributed by atoms with Crippen molar-refractivity contribution in [3.8, 4) is 0 Å². The first-order valence-corrected chi connectivity index (χ1v) is 5.97. The molecule has 0 aromatic heterocycles. The highest BCUT2D eigenvalue weighted by Gasteiger charge is 2.30. The largest absolute Gasteiger partial charge is 0.294 e. The number of carbonyl (C=O) groups is 2. The molecule has 0 aliphatic heterocycles. The first-order chi connectivity index (χ1) is 10.3. The molecule has 0 bridgehead atoms. The summed E-state index contributed by atoms with van der Waals surface area (Å²) in [5.74, 6) is -13.6. The van der Waals surface area contributed by atoms with Gasteiger partial charge < -0.3 is 0 Å². The highest BCUT2D eigenvalue weighted by Crippen LogP contribution is 2.24. The average Bonchev–Trinajstić information content (AvgIpc) is 2.52. The van der Waals surface area contributed by atoms with Crippen LogP contribution in [0.15, 0.2) is 30.3 Å². The van der Waals surface area contributed by atoms with Crippen molar-refractivity contribution in [1.29, 1.82) is 0 Å². The molecule has 0 saturated heterocycles. The number of benzene rings is 2. The number of halogens is 5. The van der Waals surface area contributed by atoms with Crippen LogP contribution in [0.1, 0.15) is 27.1 Å². The van der Waals surface area contributed by atoms with E-state index < -0.39 is 52.6 Å². The standard InChI is InChI=1S/C15H7F5O2/c16-11-10(12(17)14(19)15(20)13(11)18)9(22)6-8(21)7-4-2-1-3-5-7/h1-5H,6H2. The lowest BCUT2D eigenvalue weighted by Gasteiger charge is -2.07. The second-order valence-electron chi connectivity index (χ2n) is 4.33. The lowest BCUT2D eigenvalue weighted by atomic mass is 10.0. The predicted octanol–water partition coefficient (Wildman–Crippen LogP) is 3.84. The van der Waals surface area contributed by atoms with Crippen LogP contribution in [0.3, 0.4) is 0 Å². The smallest absolute Gasteiger partial charge is 0.200 e. The molecule has 0 aliphatic rings. The number of rotatable bonds is 4. The van der Waals surface area contributed by atoms with Gasteiger partial charge in [-0.2, -0.15) is 0 Å². The summed E-state index contributed by atoms with van der Waals surface area (Å²) in [5.41, 5.74) is -1.53. The molecule has 22 heavy (non-hydrogen) atoms. The minimum absolute atomic E-state index is 0.0831. The van der Waals surface area contributed by atoms with Gasteiger partial charge in [0.25, 0.3) is 0 Å². The van der Waals surface area contributed by atoms with Gasteiger partial charge in [-0.05, 0) is 0 Å². The zero-order valence-electron chi connectivity index (χ0n) is 10.8. The van der Waals surface area contributed by atoms with Crippen LogP contribution >= 0.6 is 0 Å². The summed E-state index contributed by atoms with van der Waals surface area (Å²) in [7, 11) is 0. The molecular formula is C15H7F5O2. The number of hydrogen-bond acceptors (Lipinski definition) is 2. The number of ketones is 2. The normalized spacial score (nSPS) is 10.6. The van der Waals surface area contributed by atoms with E-state index in [1.807, 2.05) is 0 Å². The Kier molecular flexibility index (Phi) is 4.35. The van der Waals surface area contributed by atoms with Gasteiger partial charge >= 0.3 is 0 Å². The van der Waals surface area contributed by atoms with Gasteiger partial charge in [-0.15, -0.1) is 0 Å². The molecule has 2 rings (SSSR count). The number of hydrogen-bond donors (Lipinski definition) is 0. The van der Waals surface area contributed by atoms with Crippen LogP contribution in [0.2, 0.25) is 0 Å². The molecular weight excluding hydrogens is 307 g/mol. The molecule has 0 radical (unpaired) electrons. The molecule has 0 heterocycles. The van der Waals surface area contributed by atoms with Gasteiger partial charge in [0.05, 0.1) is 12.0 Å². The summed E-state index contributed by atoms with van der Waals surface area (Å²) in [6.45, 7) is 0. The van der Waals surface area contributed by atoms with Gasteiger partial charge in [0.15, 0.2) is 34.8 Å². The van der Waals surface area contributed by atoms with Gasteiger partial charge in [0, 0.05) is 5.56 Å². The molecule has 7 heteroatoms. The molecule has 2 aromatic rings. The maximum absolute atomic E-state index is 13.5. The minimum Gasteiger partial charge on any atom is -0.294 e. The Morgan fingerprint density at radius 1 is 0.682 bits per heavy atom. The molecule has 2 nitrogen and oxygen atoms in total. The molecule has 0 fully saturated rings. The third-order valence-corrected chi connectivity index (χ3v) is 2.91. The summed E-state index contributed by atoms with van der Waals surface area (Å²) in [5, 5.41) is 0. The van der Waals surface area contributed by atoms with Crippen molar-refractivity contribution < 1.29 is 31.5 Å². The van der Waals surface area contributed by atoms with Crippen molar-refractivity contribution in [1.82, 2.24) is 0 Å². The van der Waals surface area contributed by atoms with Gasteiger partial charge in [-0.3, -0.25) is 9.59 Å². The van der Waals surface area contributed by atoms with Crippen LogP contribution in [0.4, 0.5) is 22.0 Å². The third-order valence-electron chi connectivity index (χ3n) is 2.91. The molecule has 114 valence electrons. The molecule has 2 aromatic carbocycles. The van der Waals surface area contributed by atoms with Crippen LogP contribution < -0.4 is 0 Å². The van der Waals surface area contributed by atoms with Crippen LogP contribution in [0.5, 0.6) is 0 Å². The van der Waals surface area contributed by atoms with E-state index in [1.165, 1.54) is 24.3 Å². The monoisotopic (exact) mass is 314 g/mol. The van der Waals surface area contributed by atoms with Crippen LogP contribution in [0.25, 0.3) is 0 Å². The fourth-order valence-electron chi connectivity index (χ4n) is 1.81.